The van der Waals surface area contributed by atoms with Crippen molar-refractivity contribution < 1.29 is 14.7 Å². The van der Waals surface area contributed by atoms with Gasteiger partial charge in [-0.05, 0) is 12.8 Å². The van der Waals surface area contributed by atoms with E-state index in [1.54, 1.807) is 13.0 Å². The van der Waals surface area contributed by atoms with Crippen LogP contribution in [0.5, 0.6) is 0 Å². The Bertz CT molecular complexity index is 305. The zero-order valence-corrected chi connectivity index (χ0v) is 8.12. The van der Waals surface area contributed by atoms with Gasteiger partial charge in [-0.2, -0.15) is 5.26 Å². The minimum atomic E-state index is -1.12. The molecule has 1 saturated carbocycles. The molecule has 0 heterocycles. The first-order valence-electron chi connectivity index (χ1n) is 4.64. The Balaban J connectivity index is 2.87. The average molecular weight is 195 g/mol. The SMILES string of the molecule is CC1(C(C#N)C(=O)O)CCCC(=O)C1. The second-order valence-corrected chi connectivity index (χ2v) is 4.12. The second-order valence-electron chi connectivity index (χ2n) is 4.12. The third-order valence-corrected chi connectivity index (χ3v) is 2.88. The normalized spacial score (nSPS) is 29.3. The molecule has 1 aliphatic rings. The third-order valence-electron chi connectivity index (χ3n) is 2.88. The minimum Gasteiger partial charge on any atom is -0.480 e. The van der Waals surface area contributed by atoms with Crippen molar-refractivity contribution in [2.45, 2.75) is 32.6 Å². The van der Waals surface area contributed by atoms with Crippen LogP contribution in [0.4, 0.5) is 0 Å². The standard InChI is InChI=1S/C10H13NO3/c1-10(8(6-11)9(13)14)4-2-3-7(12)5-10/h8H,2-5H2,1H3,(H,13,14). The van der Waals surface area contributed by atoms with E-state index in [0.717, 1.165) is 0 Å². The van der Waals surface area contributed by atoms with Crippen LogP contribution in [0.25, 0.3) is 0 Å². The largest absolute Gasteiger partial charge is 0.480 e. The van der Waals surface area contributed by atoms with E-state index in [1.165, 1.54) is 0 Å². The fourth-order valence-electron chi connectivity index (χ4n) is 2.07. The summed E-state index contributed by atoms with van der Waals surface area (Å²) in [5.74, 6) is -2.11. The molecule has 0 spiro atoms. The van der Waals surface area contributed by atoms with Gasteiger partial charge in [0.05, 0.1) is 6.07 Å². The van der Waals surface area contributed by atoms with Gasteiger partial charge in [0.2, 0.25) is 0 Å². The van der Waals surface area contributed by atoms with E-state index in [4.69, 9.17) is 10.4 Å². The van der Waals surface area contributed by atoms with Gasteiger partial charge < -0.3 is 5.11 Å². The van der Waals surface area contributed by atoms with Gasteiger partial charge in [-0.1, -0.05) is 6.92 Å². The van der Waals surface area contributed by atoms with Crippen molar-refractivity contribution >= 4 is 11.8 Å². The number of nitriles is 1. The molecule has 0 aromatic heterocycles. The first-order chi connectivity index (χ1) is 6.49. The van der Waals surface area contributed by atoms with Gasteiger partial charge >= 0.3 is 5.97 Å². The number of carboxylic acid groups (broad SMARTS) is 1. The van der Waals surface area contributed by atoms with Crippen LogP contribution in [-0.4, -0.2) is 16.9 Å². The number of hydrogen-bond acceptors (Lipinski definition) is 3. The van der Waals surface area contributed by atoms with Gasteiger partial charge in [-0.3, -0.25) is 9.59 Å². The summed E-state index contributed by atoms with van der Waals surface area (Å²) in [6, 6.07) is 1.78. The second kappa shape index (κ2) is 3.79. The molecule has 1 rings (SSSR count). The third kappa shape index (κ3) is 1.92. The van der Waals surface area contributed by atoms with Crippen LogP contribution in [-0.2, 0) is 9.59 Å². The maximum absolute atomic E-state index is 11.2. The van der Waals surface area contributed by atoms with Crippen LogP contribution < -0.4 is 0 Å². The number of aliphatic carboxylic acids is 1. The molecule has 4 nitrogen and oxygen atoms in total. The zero-order valence-electron chi connectivity index (χ0n) is 8.12. The average Bonchev–Trinajstić information content (AvgIpc) is 2.02. The molecule has 1 N–H and O–H groups in total. The van der Waals surface area contributed by atoms with Crippen molar-refractivity contribution in [3.05, 3.63) is 0 Å². The van der Waals surface area contributed by atoms with Crippen molar-refractivity contribution in [2.24, 2.45) is 11.3 Å². The summed E-state index contributed by atoms with van der Waals surface area (Å²) in [6.07, 6.45) is 2.08. The molecular formula is C10H13NO3. The van der Waals surface area contributed by atoms with E-state index in [2.05, 4.69) is 0 Å². The summed E-state index contributed by atoms with van der Waals surface area (Å²) in [4.78, 5) is 22.0. The van der Waals surface area contributed by atoms with Crippen LogP contribution in [0.2, 0.25) is 0 Å². The predicted octanol–water partition coefficient (Wildman–Crippen LogP) is 1.36. The monoisotopic (exact) mass is 195 g/mol. The lowest BCUT2D eigenvalue weighted by atomic mass is 9.67. The Hall–Kier alpha value is -1.37. The Morgan fingerprint density at radius 3 is 2.79 bits per heavy atom. The minimum absolute atomic E-state index is 0.0697. The predicted molar refractivity (Wildman–Crippen MR) is 48.3 cm³/mol. The number of carbonyl (C=O) groups is 2. The van der Waals surface area contributed by atoms with Gasteiger partial charge in [0.25, 0.3) is 0 Å². The van der Waals surface area contributed by atoms with Crippen LogP contribution in [0, 0.1) is 22.7 Å². The molecule has 0 amide bonds. The summed E-state index contributed by atoms with van der Waals surface area (Å²) < 4.78 is 0. The first kappa shape index (κ1) is 10.7. The molecule has 1 aliphatic carbocycles. The van der Waals surface area contributed by atoms with E-state index in [9.17, 15) is 9.59 Å². The van der Waals surface area contributed by atoms with Crippen LogP contribution in [0.1, 0.15) is 32.6 Å². The van der Waals surface area contributed by atoms with Crippen molar-refractivity contribution in [3.63, 3.8) is 0 Å². The van der Waals surface area contributed by atoms with Crippen molar-refractivity contribution in [1.82, 2.24) is 0 Å². The smallest absolute Gasteiger partial charge is 0.321 e. The molecule has 0 bridgehead atoms. The highest BCUT2D eigenvalue weighted by Gasteiger charge is 2.42. The van der Waals surface area contributed by atoms with E-state index < -0.39 is 17.3 Å². The fourth-order valence-corrected chi connectivity index (χ4v) is 2.07. The molecule has 0 saturated heterocycles. The summed E-state index contributed by atoms with van der Waals surface area (Å²) in [5.41, 5.74) is -0.671. The van der Waals surface area contributed by atoms with Crippen molar-refractivity contribution in [1.29, 1.82) is 5.26 Å². The Labute approximate surface area is 82.5 Å². The molecule has 14 heavy (non-hydrogen) atoms. The highest BCUT2D eigenvalue weighted by Crippen LogP contribution is 2.40. The Morgan fingerprint density at radius 1 is 1.71 bits per heavy atom. The molecule has 0 aromatic rings. The summed E-state index contributed by atoms with van der Waals surface area (Å²) in [6.45, 7) is 1.71. The molecular weight excluding hydrogens is 182 g/mol. The highest BCUT2D eigenvalue weighted by molar-refractivity contribution is 5.82. The van der Waals surface area contributed by atoms with Crippen molar-refractivity contribution in [2.75, 3.05) is 0 Å². The van der Waals surface area contributed by atoms with Gasteiger partial charge in [0, 0.05) is 18.3 Å². The van der Waals surface area contributed by atoms with Gasteiger partial charge in [-0.25, -0.2) is 0 Å². The van der Waals surface area contributed by atoms with Gasteiger partial charge in [0.1, 0.15) is 11.7 Å². The van der Waals surface area contributed by atoms with E-state index in [0.29, 0.717) is 19.3 Å². The lowest BCUT2D eigenvalue weighted by Gasteiger charge is -2.34. The quantitative estimate of drug-likeness (QED) is 0.721. The number of carboxylic acids is 1. The van der Waals surface area contributed by atoms with E-state index >= 15 is 0 Å². The first-order valence-corrected chi connectivity index (χ1v) is 4.64. The fraction of sp³-hybridized carbons (Fsp3) is 0.700. The summed E-state index contributed by atoms with van der Waals surface area (Å²) >= 11 is 0. The zero-order chi connectivity index (χ0) is 10.8. The van der Waals surface area contributed by atoms with Crippen LogP contribution in [0.3, 0.4) is 0 Å². The molecule has 2 unspecified atom stereocenters. The molecule has 1 fully saturated rings. The van der Waals surface area contributed by atoms with E-state index in [1.807, 2.05) is 0 Å². The highest BCUT2D eigenvalue weighted by atomic mass is 16.4. The number of Topliss-reactive ketones (excluding diaryl/α,β-unsaturated/α-hetero) is 1. The van der Waals surface area contributed by atoms with Gasteiger partial charge in [-0.15, -0.1) is 0 Å². The van der Waals surface area contributed by atoms with Gasteiger partial charge in [0.15, 0.2) is 0 Å². The van der Waals surface area contributed by atoms with E-state index in [-0.39, 0.29) is 12.2 Å². The molecule has 2 atom stereocenters. The molecule has 0 aliphatic heterocycles. The summed E-state index contributed by atoms with van der Waals surface area (Å²) in [5, 5.41) is 17.6. The lowest BCUT2D eigenvalue weighted by molar-refractivity contribution is -0.145. The number of nitrogens with zero attached hydrogens (tertiary/aromatic N) is 1. The maximum Gasteiger partial charge on any atom is 0.321 e. The van der Waals surface area contributed by atoms with Crippen LogP contribution >= 0.6 is 0 Å². The number of hydrogen-bond donors (Lipinski definition) is 1. The Morgan fingerprint density at radius 2 is 2.36 bits per heavy atom. The maximum atomic E-state index is 11.2. The lowest BCUT2D eigenvalue weighted by Crippen LogP contribution is -2.37. The van der Waals surface area contributed by atoms with Crippen molar-refractivity contribution in [3.8, 4) is 6.07 Å². The topological polar surface area (TPSA) is 78.2 Å². The number of rotatable bonds is 2. The molecule has 76 valence electrons. The Kier molecular flexibility index (Phi) is 2.90. The molecule has 0 radical (unpaired) electrons. The number of carbonyl (C=O) groups excluding carboxylic acids is 1. The summed E-state index contributed by atoms with van der Waals surface area (Å²) in [7, 11) is 0. The van der Waals surface area contributed by atoms with Crippen LogP contribution in [0.15, 0.2) is 0 Å². The molecule has 4 heteroatoms. The number of ketones is 1. The molecule has 0 aromatic carbocycles.